The molecule has 0 fully saturated rings. The molecule has 6 nitrogen and oxygen atoms in total. The molecule has 0 aliphatic heterocycles. The summed E-state index contributed by atoms with van der Waals surface area (Å²) in [6.07, 6.45) is 1.61. The molecule has 3 rings (SSSR count). The van der Waals surface area contributed by atoms with Crippen molar-refractivity contribution in [1.29, 1.82) is 0 Å². The van der Waals surface area contributed by atoms with Crippen LogP contribution in [0.4, 0.5) is 5.69 Å². The molecule has 8 heteroatoms. The molecule has 0 bridgehead atoms. The number of rotatable bonds is 5. The first kappa shape index (κ1) is 15.5. The summed E-state index contributed by atoms with van der Waals surface area (Å²) in [5.41, 5.74) is 1.80. The van der Waals surface area contributed by atoms with Crippen molar-refractivity contribution in [2.75, 3.05) is 0 Å². The van der Waals surface area contributed by atoms with Gasteiger partial charge in [-0.05, 0) is 23.8 Å². The Hall–Kier alpha value is -2.38. The summed E-state index contributed by atoms with van der Waals surface area (Å²) in [5, 5.41) is 20.2. The van der Waals surface area contributed by atoms with Crippen molar-refractivity contribution < 1.29 is 4.92 Å². The van der Waals surface area contributed by atoms with Crippen LogP contribution in [0.1, 0.15) is 5.56 Å². The topological polar surface area (TPSA) is 73.8 Å². The Morgan fingerprint density at radius 3 is 2.83 bits per heavy atom. The molecule has 1 aromatic heterocycles. The molecular formula is C15H11ClN4O2S. The number of thioether (sulfide) groups is 1. The molecule has 2 aromatic carbocycles. The van der Waals surface area contributed by atoms with Crippen LogP contribution in [0.25, 0.3) is 5.69 Å². The lowest BCUT2D eigenvalue weighted by molar-refractivity contribution is -0.384. The molecule has 0 atom stereocenters. The van der Waals surface area contributed by atoms with Gasteiger partial charge in [-0.15, -0.1) is 10.2 Å². The number of non-ortho nitro benzene ring substituents is 1. The Balaban J connectivity index is 1.79. The molecule has 1 heterocycles. The van der Waals surface area contributed by atoms with Gasteiger partial charge in [-0.2, -0.15) is 0 Å². The molecule has 0 aliphatic carbocycles. The molecule has 0 amide bonds. The van der Waals surface area contributed by atoms with Gasteiger partial charge in [0.15, 0.2) is 5.16 Å². The third kappa shape index (κ3) is 3.69. The SMILES string of the molecule is O=[N+]([O-])c1cccc(CSc2nncn2-c2cccc(Cl)c2)c1. The van der Waals surface area contributed by atoms with Crippen LogP contribution in [0.5, 0.6) is 0 Å². The second-order valence-electron chi connectivity index (χ2n) is 4.68. The van der Waals surface area contributed by atoms with E-state index in [0.717, 1.165) is 11.3 Å². The van der Waals surface area contributed by atoms with E-state index >= 15 is 0 Å². The van der Waals surface area contributed by atoms with Gasteiger partial charge >= 0.3 is 0 Å². The van der Waals surface area contributed by atoms with Crippen molar-refractivity contribution in [2.24, 2.45) is 0 Å². The summed E-state index contributed by atoms with van der Waals surface area (Å²) < 4.78 is 1.83. The zero-order valence-electron chi connectivity index (χ0n) is 11.8. The summed E-state index contributed by atoms with van der Waals surface area (Å²) in [5.74, 6) is 0.556. The van der Waals surface area contributed by atoms with Crippen LogP contribution in [0, 0.1) is 10.1 Å². The highest BCUT2D eigenvalue weighted by atomic mass is 35.5. The van der Waals surface area contributed by atoms with Crippen LogP contribution in [0.3, 0.4) is 0 Å². The largest absolute Gasteiger partial charge is 0.277 e. The molecular weight excluding hydrogens is 336 g/mol. The van der Waals surface area contributed by atoms with Gasteiger partial charge in [0.05, 0.1) is 10.6 Å². The lowest BCUT2D eigenvalue weighted by atomic mass is 10.2. The van der Waals surface area contributed by atoms with E-state index in [2.05, 4.69) is 10.2 Å². The number of aromatic nitrogens is 3. The van der Waals surface area contributed by atoms with Crippen LogP contribution in [0.15, 0.2) is 60.0 Å². The smallest absolute Gasteiger partial charge is 0.269 e. The second-order valence-corrected chi connectivity index (χ2v) is 6.06. The van der Waals surface area contributed by atoms with E-state index in [-0.39, 0.29) is 5.69 Å². The van der Waals surface area contributed by atoms with Crippen molar-refractivity contribution in [1.82, 2.24) is 14.8 Å². The highest BCUT2D eigenvalue weighted by Crippen LogP contribution is 2.25. The fourth-order valence-electron chi connectivity index (χ4n) is 2.03. The monoisotopic (exact) mass is 346 g/mol. The molecule has 3 aromatic rings. The van der Waals surface area contributed by atoms with Crippen LogP contribution in [0.2, 0.25) is 5.02 Å². The summed E-state index contributed by atoms with van der Waals surface area (Å²) in [7, 11) is 0. The molecule has 116 valence electrons. The zero-order valence-corrected chi connectivity index (χ0v) is 13.4. The van der Waals surface area contributed by atoms with Gasteiger partial charge in [0.1, 0.15) is 6.33 Å². The maximum Gasteiger partial charge on any atom is 0.269 e. The van der Waals surface area contributed by atoms with Gasteiger partial charge in [-0.25, -0.2) is 0 Å². The maximum atomic E-state index is 10.8. The van der Waals surface area contributed by atoms with Gasteiger partial charge < -0.3 is 0 Å². The predicted octanol–water partition coefficient (Wildman–Crippen LogP) is 4.12. The van der Waals surface area contributed by atoms with Crippen molar-refractivity contribution in [3.63, 3.8) is 0 Å². The quantitative estimate of drug-likeness (QED) is 0.394. The number of hydrogen-bond acceptors (Lipinski definition) is 5. The van der Waals surface area contributed by atoms with Crippen molar-refractivity contribution in [3.05, 3.63) is 75.6 Å². The summed E-state index contributed by atoms with van der Waals surface area (Å²) in [6.45, 7) is 0. The van der Waals surface area contributed by atoms with E-state index in [1.165, 1.54) is 17.8 Å². The fraction of sp³-hybridized carbons (Fsp3) is 0.0667. The number of nitro benzene ring substituents is 1. The number of nitrogens with zero attached hydrogens (tertiary/aromatic N) is 4. The average Bonchev–Trinajstić information content (AvgIpc) is 3.02. The third-order valence-electron chi connectivity index (χ3n) is 3.09. The van der Waals surface area contributed by atoms with Gasteiger partial charge in [-0.1, -0.05) is 41.6 Å². The number of benzene rings is 2. The van der Waals surface area contributed by atoms with Crippen LogP contribution in [-0.2, 0) is 5.75 Å². The minimum Gasteiger partial charge on any atom is -0.277 e. The lowest BCUT2D eigenvalue weighted by Crippen LogP contribution is -1.95. The first-order valence-electron chi connectivity index (χ1n) is 6.65. The molecule has 23 heavy (non-hydrogen) atoms. The van der Waals surface area contributed by atoms with Gasteiger partial charge in [0, 0.05) is 22.9 Å². The van der Waals surface area contributed by atoms with Gasteiger partial charge in [0.2, 0.25) is 0 Å². The van der Waals surface area contributed by atoms with Crippen molar-refractivity contribution in [2.45, 2.75) is 10.9 Å². The molecule has 0 spiro atoms. The Morgan fingerprint density at radius 2 is 2.04 bits per heavy atom. The predicted molar refractivity (Wildman–Crippen MR) is 89.0 cm³/mol. The summed E-state index contributed by atoms with van der Waals surface area (Å²) in [6, 6.07) is 13.9. The molecule has 0 aliphatic rings. The van der Waals surface area contributed by atoms with Crippen LogP contribution >= 0.6 is 23.4 Å². The second kappa shape index (κ2) is 6.80. The third-order valence-corrected chi connectivity index (χ3v) is 4.34. The average molecular weight is 347 g/mol. The number of hydrogen-bond donors (Lipinski definition) is 0. The molecule has 0 unspecified atom stereocenters. The number of halogens is 1. The minimum absolute atomic E-state index is 0.0828. The Labute approximate surface area is 141 Å². The van der Waals surface area contributed by atoms with E-state index in [0.29, 0.717) is 15.9 Å². The molecule has 0 saturated carbocycles. The van der Waals surface area contributed by atoms with E-state index in [1.807, 2.05) is 28.8 Å². The highest BCUT2D eigenvalue weighted by molar-refractivity contribution is 7.98. The first-order chi connectivity index (χ1) is 11.1. The molecule has 0 radical (unpaired) electrons. The van der Waals surface area contributed by atoms with Crippen LogP contribution < -0.4 is 0 Å². The number of nitro groups is 1. The molecule has 0 N–H and O–H groups in total. The minimum atomic E-state index is -0.400. The first-order valence-corrected chi connectivity index (χ1v) is 8.02. The summed E-state index contributed by atoms with van der Waals surface area (Å²) in [4.78, 5) is 10.4. The Kier molecular flexibility index (Phi) is 4.59. The summed E-state index contributed by atoms with van der Waals surface area (Å²) >= 11 is 7.46. The van der Waals surface area contributed by atoms with Crippen LogP contribution in [-0.4, -0.2) is 19.7 Å². The van der Waals surface area contributed by atoms with E-state index in [4.69, 9.17) is 11.6 Å². The highest BCUT2D eigenvalue weighted by Gasteiger charge is 2.10. The van der Waals surface area contributed by atoms with Crippen molar-refractivity contribution >= 4 is 29.1 Å². The van der Waals surface area contributed by atoms with E-state index in [1.54, 1.807) is 24.5 Å². The Morgan fingerprint density at radius 1 is 1.22 bits per heavy atom. The molecule has 0 saturated heterocycles. The fourth-order valence-corrected chi connectivity index (χ4v) is 3.09. The van der Waals surface area contributed by atoms with Crippen molar-refractivity contribution in [3.8, 4) is 5.69 Å². The lowest BCUT2D eigenvalue weighted by Gasteiger charge is -2.06. The Bertz CT molecular complexity index is 853. The van der Waals surface area contributed by atoms with E-state index in [9.17, 15) is 10.1 Å². The zero-order chi connectivity index (χ0) is 16.2. The maximum absolute atomic E-state index is 10.8. The standard InChI is InChI=1S/C15H11ClN4O2S/c16-12-4-2-5-13(8-12)19-10-17-18-15(19)23-9-11-3-1-6-14(7-11)20(21)22/h1-8,10H,9H2. The van der Waals surface area contributed by atoms with Gasteiger partial charge in [0.25, 0.3) is 5.69 Å². The van der Waals surface area contributed by atoms with Gasteiger partial charge in [-0.3, -0.25) is 14.7 Å². The normalized spacial score (nSPS) is 10.7. The van der Waals surface area contributed by atoms with E-state index < -0.39 is 4.92 Å².